The summed E-state index contributed by atoms with van der Waals surface area (Å²) >= 11 is 0. The van der Waals surface area contributed by atoms with Crippen LogP contribution in [0.4, 0.5) is 20.2 Å². The van der Waals surface area contributed by atoms with Gasteiger partial charge < -0.3 is 19.7 Å². The second-order valence-electron chi connectivity index (χ2n) is 6.80. The maximum atomic E-state index is 13.1. The Morgan fingerprint density at radius 3 is 2.38 bits per heavy atom. The van der Waals surface area contributed by atoms with Crippen LogP contribution in [-0.4, -0.2) is 47.5 Å². The topological polar surface area (TPSA) is 67.9 Å². The number of anilines is 2. The molecule has 0 saturated carbocycles. The largest absolute Gasteiger partial charge is 0.497 e. The van der Waals surface area contributed by atoms with Gasteiger partial charge in [0.1, 0.15) is 11.5 Å². The summed E-state index contributed by atoms with van der Waals surface area (Å²) in [6.45, 7) is 1.07. The maximum Gasteiger partial charge on any atom is 0.341 e. The highest BCUT2D eigenvalue weighted by Crippen LogP contribution is 2.32. The monoisotopic (exact) mass is 426 g/mol. The van der Waals surface area contributed by atoms with Crippen molar-refractivity contribution in [2.24, 2.45) is 0 Å². The highest BCUT2D eigenvalue weighted by molar-refractivity contribution is 7.91. The van der Waals surface area contributed by atoms with Gasteiger partial charge in [-0.1, -0.05) is 12.1 Å². The fraction of sp³-hybridized carbons (Fsp3) is 0.400. The summed E-state index contributed by atoms with van der Waals surface area (Å²) in [4.78, 5) is 1.51. The number of para-hydroxylation sites is 1. The standard InChI is InChI=1S/C20H24F2N2O4S/c1-27-16-10-15(11-17(12-16)28-2)23-14-6-5-9-24(13-14)18-7-3-4-8-19(18)29(25,26)20(21)22/h3-4,7-8,10-12,14,20,23H,5-6,9,13H2,1-2H3. The van der Waals surface area contributed by atoms with Gasteiger partial charge in [-0.15, -0.1) is 0 Å². The van der Waals surface area contributed by atoms with Crippen molar-refractivity contribution in [1.29, 1.82) is 0 Å². The van der Waals surface area contributed by atoms with Gasteiger partial charge in [0, 0.05) is 43.0 Å². The maximum absolute atomic E-state index is 13.1. The molecule has 1 heterocycles. The Morgan fingerprint density at radius 2 is 1.76 bits per heavy atom. The van der Waals surface area contributed by atoms with Crippen molar-refractivity contribution in [2.45, 2.75) is 29.5 Å². The first-order chi connectivity index (χ1) is 13.8. The van der Waals surface area contributed by atoms with Gasteiger partial charge in [-0.2, -0.15) is 8.78 Å². The van der Waals surface area contributed by atoms with Crippen LogP contribution >= 0.6 is 0 Å². The lowest BCUT2D eigenvalue weighted by Crippen LogP contribution is -2.42. The number of piperidine rings is 1. The third-order valence-electron chi connectivity index (χ3n) is 4.89. The van der Waals surface area contributed by atoms with Crippen LogP contribution in [0.2, 0.25) is 0 Å². The minimum atomic E-state index is -4.68. The van der Waals surface area contributed by atoms with Gasteiger partial charge in [-0.05, 0) is 25.0 Å². The van der Waals surface area contributed by atoms with Crippen LogP contribution in [0, 0.1) is 0 Å². The number of rotatable bonds is 7. The Hall–Kier alpha value is -2.55. The van der Waals surface area contributed by atoms with Crippen molar-refractivity contribution in [3.63, 3.8) is 0 Å². The summed E-state index contributed by atoms with van der Waals surface area (Å²) in [5.74, 6) is -2.16. The molecule has 0 amide bonds. The van der Waals surface area contributed by atoms with Crippen molar-refractivity contribution in [2.75, 3.05) is 37.5 Å². The van der Waals surface area contributed by atoms with Gasteiger partial charge in [0.2, 0.25) is 9.84 Å². The molecule has 2 aromatic rings. The van der Waals surface area contributed by atoms with Gasteiger partial charge in [0.25, 0.3) is 0 Å². The number of hydrogen-bond donors (Lipinski definition) is 1. The lowest BCUT2D eigenvalue weighted by molar-refractivity contribution is 0.234. The van der Waals surface area contributed by atoms with Gasteiger partial charge >= 0.3 is 5.76 Å². The van der Waals surface area contributed by atoms with E-state index < -0.39 is 15.6 Å². The molecular weight excluding hydrogens is 402 g/mol. The molecule has 9 heteroatoms. The fourth-order valence-corrected chi connectivity index (χ4v) is 4.44. The van der Waals surface area contributed by atoms with E-state index in [-0.39, 0.29) is 10.9 Å². The van der Waals surface area contributed by atoms with E-state index in [0.717, 1.165) is 18.5 Å². The van der Waals surface area contributed by atoms with Crippen molar-refractivity contribution in [3.05, 3.63) is 42.5 Å². The first kappa shape index (κ1) is 21.2. The number of halogens is 2. The van der Waals surface area contributed by atoms with E-state index in [4.69, 9.17) is 9.47 Å². The van der Waals surface area contributed by atoms with Crippen molar-refractivity contribution in [1.82, 2.24) is 0 Å². The third kappa shape index (κ3) is 4.72. The molecule has 2 aromatic carbocycles. The number of methoxy groups -OCH3 is 2. The second-order valence-corrected chi connectivity index (χ2v) is 8.69. The summed E-state index contributed by atoms with van der Waals surface area (Å²) < 4.78 is 61.0. The summed E-state index contributed by atoms with van der Waals surface area (Å²) in [5.41, 5.74) is 1.11. The molecule has 29 heavy (non-hydrogen) atoms. The predicted octanol–water partition coefficient (Wildman–Crippen LogP) is 3.78. The average Bonchev–Trinajstić information content (AvgIpc) is 2.73. The van der Waals surface area contributed by atoms with Gasteiger partial charge in [-0.25, -0.2) is 8.42 Å². The molecule has 1 fully saturated rings. The quantitative estimate of drug-likeness (QED) is 0.727. The second kappa shape index (κ2) is 8.86. The molecule has 3 rings (SSSR count). The fourth-order valence-electron chi connectivity index (χ4n) is 3.50. The number of nitrogens with zero attached hydrogens (tertiary/aromatic N) is 1. The van der Waals surface area contributed by atoms with Crippen LogP contribution in [0.25, 0.3) is 0 Å². The van der Waals surface area contributed by atoms with E-state index in [1.165, 1.54) is 12.1 Å². The minimum Gasteiger partial charge on any atom is -0.497 e. The molecule has 6 nitrogen and oxygen atoms in total. The molecule has 0 spiro atoms. The Labute approximate surface area is 169 Å². The molecule has 158 valence electrons. The molecule has 0 bridgehead atoms. The molecule has 0 aliphatic carbocycles. The Bertz CT molecular complexity index is 931. The molecule has 0 radical (unpaired) electrons. The number of ether oxygens (including phenoxy) is 2. The lowest BCUT2D eigenvalue weighted by Gasteiger charge is -2.36. The smallest absolute Gasteiger partial charge is 0.341 e. The van der Waals surface area contributed by atoms with E-state index in [0.29, 0.717) is 30.3 Å². The van der Waals surface area contributed by atoms with E-state index in [1.54, 1.807) is 32.4 Å². The zero-order valence-corrected chi connectivity index (χ0v) is 17.1. The van der Waals surface area contributed by atoms with E-state index in [9.17, 15) is 17.2 Å². The highest BCUT2D eigenvalue weighted by atomic mass is 32.2. The lowest BCUT2D eigenvalue weighted by atomic mass is 10.0. The average molecular weight is 426 g/mol. The number of benzene rings is 2. The van der Waals surface area contributed by atoms with Gasteiger partial charge in [0.05, 0.1) is 24.8 Å². The van der Waals surface area contributed by atoms with Crippen LogP contribution in [0.5, 0.6) is 11.5 Å². The molecule has 1 aliphatic heterocycles. The molecular formula is C20H24F2N2O4S. The number of sulfone groups is 1. The Kier molecular flexibility index (Phi) is 6.46. The highest BCUT2D eigenvalue weighted by Gasteiger charge is 2.32. The van der Waals surface area contributed by atoms with E-state index >= 15 is 0 Å². The van der Waals surface area contributed by atoms with Gasteiger partial charge in [0.15, 0.2) is 0 Å². The van der Waals surface area contributed by atoms with Crippen molar-refractivity contribution < 1.29 is 26.7 Å². The predicted molar refractivity (Wildman–Crippen MR) is 108 cm³/mol. The summed E-state index contributed by atoms with van der Waals surface area (Å²) in [6.07, 6.45) is 1.65. The van der Waals surface area contributed by atoms with Crippen molar-refractivity contribution in [3.8, 4) is 11.5 Å². The summed E-state index contributed by atoms with van der Waals surface area (Å²) in [5, 5.41) is 3.41. The number of alkyl halides is 2. The first-order valence-corrected chi connectivity index (χ1v) is 10.8. The zero-order chi connectivity index (χ0) is 21.0. The normalized spacial score (nSPS) is 17.3. The Morgan fingerprint density at radius 1 is 1.10 bits per heavy atom. The van der Waals surface area contributed by atoms with E-state index in [2.05, 4.69) is 5.32 Å². The summed E-state index contributed by atoms with van der Waals surface area (Å²) in [7, 11) is -1.54. The minimum absolute atomic E-state index is 0.00266. The van der Waals surface area contributed by atoms with Gasteiger partial charge in [-0.3, -0.25) is 0 Å². The molecule has 1 unspecified atom stereocenters. The van der Waals surface area contributed by atoms with Crippen LogP contribution in [0.15, 0.2) is 47.4 Å². The van der Waals surface area contributed by atoms with Crippen LogP contribution in [0.3, 0.4) is 0 Å². The van der Waals surface area contributed by atoms with E-state index in [1.807, 2.05) is 17.0 Å². The summed E-state index contributed by atoms with van der Waals surface area (Å²) in [6, 6.07) is 11.4. The molecule has 1 N–H and O–H groups in total. The van der Waals surface area contributed by atoms with Crippen molar-refractivity contribution >= 4 is 21.2 Å². The molecule has 1 saturated heterocycles. The molecule has 1 aliphatic rings. The van der Waals surface area contributed by atoms with Crippen LogP contribution in [0.1, 0.15) is 12.8 Å². The zero-order valence-electron chi connectivity index (χ0n) is 16.3. The SMILES string of the molecule is COc1cc(NC2CCCN(c3ccccc3S(=O)(=O)C(F)F)C2)cc(OC)c1. The van der Waals surface area contributed by atoms with Crippen LogP contribution in [-0.2, 0) is 9.84 Å². The number of hydrogen-bond acceptors (Lipinski definition) is 6. The third-order valence-corrected chi connectivity index (χ3v) is 6.32. The molecule has 1 atom stereocenters. The molecule has 0 aromatic heterocycles. The number of nitrogens with one attached hydrogen (secondary N) is 1. The van der Waals surface area contributed by atoms with Crippen LogP contribution < -0.4 is 19.7 Å². The Balaban J connectivity index is 1.82. The first-order valence-electron chi connectivity index (χ1n) is 9.20.